The lowest BCUT2D eigenvalue weighted by atomic mass is 9.84. The SMILES string of the molecule is NC1C(=O)C(=C=O)Cc2ccccc21. The van der Waals surface area contributed by atoms with Crippen LogP contribution >= 0.6 is 0 Å². The molecule has 2 rings (SSSR count). The van der Waals surface area contributed by atoms with Crippen molar-refractivity contribution in [2.45, 2.75) is 12.5 Å². The molecule has 1 atom stereocenters. The first-order valence-corrected chi connectivity index (χ1v) is 4.35. The Morgan fingerprint density at radius 2 is 2.07 bits per heavy atom. The molecule has 0 bridgehead atoms. The fraction of sp³-hybridized carbons (Fsp3) is 0.182. The minimum absolute atomic E-state index is 0.149. The number of hydrogen-bond donors (Lipinski definition) is 1. The van der Waals surface area contributed by atoms with E-state index in [1.807, 2.05) is 24.3 Å². The van der Waals surface area contributed by atoms with Gasteiger partial charge in [-0.05, 0) is 11.1 Å². The first-order valence-electron chi connectivity index (χ1n) is 4.35. The molecule has 3 nitrogen and oxygen atoms in total. The maximum Gasteiger partial charge on any atom is 0.191 e. The van der Waals surface area contributed by atoms with E-state index in [1.165, 1.54) is 0 Å². The summed E-state index contributed by atoms with van der Waals surface area (Å²) in [4.78, 5) is 22.0. The Hall–Kier alpha value is -1.70. The Bertz CT molecular complexity index is 444. The number of nitrogens with two attached hydrogens (primary N) is 1. The maximum atomic E-state index is 11.5. The zero-order valence-corrected chi connectivity index (χ0v) is 7.49. The molecule has 3 heteroatoms. The summed E-state index contributed by atoms with van der Waals surface area (Å²) >= 11 is 0. The molecule has 0 spiro atoms. The third-order valence-electron chi connectivity index (χ3n) is 2.46. The van der Waals surface area contributed by atoms with Crippen molar-refractivity contribution in [3.8, 4) is 0 Å². The second kappa shape index (κ2) is 3.22. The molecule has 14 heavy (non-hydrogen) atoms. The van der Waals surface area contributed by atoms with Gasteiger partial charge < -0.3 is 5.73 Å². The van der Waals surface area contributed by atoms with Crippen LogP contribution in [0.4, 0.5) is 0 Å². The third kappa shape index (κ3) is 1.20. The van der Waals surface area contributed by atoms with Gasteiger partial charge in [0.25, 0.3) is 0 Å². The van der Waals surface area contributed by atoms with Gasteiger partial charge in [-0.3, -0.25) is 4.79 Å². The largest absolute Gasteiger partial charge is 0.317 e. The molecular weight excluding hydrogens is 178 g/mol. The first-order chi connectivity index (χ1) is 6.74. The van der Waals surface area contributed by atoms with E-state index in [1.54, 1.807) is 5.94 Å². The van der Waals surface area contributed by atoms with Gasteiger partial charge in [0.1, 0.15) is 5.94 Å². The van der Waals surface area contributed by atoms with Gasteiger partial charge in [-0.25, -0.2) is 4.79 Å². The molecule has 2 N–H and O–H groups in total. The van der Waals surface area contributed by atoms with Gasteiger partial charge >= 0.3 is 0 Å². The van der Waals surface area contributed by atoms with E-state index in [4.69, 9.17) is 5.73 Å². The average Bonchev–Trinajstić information content (AvgIpc) is 2.23. The second-order valence-electron chi connectivity index (χ2n) is 3.30. The van der Waals surface area contributed by atoms with Crippen molar-refractivity contribution in [2.24, 2.45) is 5.73 Å². The molecule has 1 aromatic rings. The van der Waals surface area contributed by atoms with Crippen LogP contribution in [0, 0.1) is 0 Å². The highest BCUT2D eigenvalue weighted by Gasteiger charge is 2.28. The van der Waals surface area contributed by atoms with E-state index >= 15 is 0 Å². The number of carbonyl (C=O) groups is 1. The van der Waals surface area contributed by atoms with E-state index < -0.39 is 6.04 Å². The van der Waals surface area contributed by atoms with Crippen molar-refractivity contribution in [3.63, 3.8) is 0 Å². The molecule has 1 aromatic carbocycles. The normalized spacial score (nSPS) is 20.2. The van der Waals surface area contributed by atoms with Crippen LogP contribution in [0.5, 0.6) is 0 Å². The standard InChI is InChI=1S/C11H9NO2/c12-10-9-4-2-1-3-7(9)5-8(6-13)11(10)14/h1-4,10H,5,12H2. The molecule has 0 radical (unpaired) electrons. The summed E-state index contributed by atoms with van der Waals surface area (Å²) in [6, 6.07) is 6.69. The van der Waals surface area contributed by atoms with Crippen molar-refractivity contribution in [1.29, 1.82) is 0 Å². The first kappa shape index (κ1) is 8.88. The molecule has 0 heterocycles. The van der Waals surface area contributed by atoms with Crippen LogP contribution in [-0.2, 0) is 16.0 Å². The molecule has 1 aliphatic carbocycles. The smallest absolute Gasteiger partial charge is 0.191 e. The summed E-state index contributed by atoms with van der Waals surface area (Å²) in [5.74, 6) is 1.36. The number of benzene rings is 1. The molecule has 0 amide bonds. The Kier molecular flexibility index (Phi) is 2.04. The van der Waals surface area contributed by atoms with E-state index in [2.05, 4.69) is 0 Å². The van der Waals surface area contributed by atoms with Crippen molar-refractivity contribution in [2.75, 3.05) is 0 Å². The Labute approximate surface area is 81.2 Å². The zero-order valence-electron chi connectivity index (χ0n) is 7.49. The topological polar surface area (TPSA) is 60.2 Å². The van der Waals surface area contributed by atoms with Crippen LogP contribution in [0.25, 0.3) is 0 Å². The Morgan fingerprint density at radius 1 is 1.36 bits per heavy atom. The van der Waals surface area contributed by atoms with Crippen molar-refractivity contribution < 1.29 is 9.59 Å². The fourth-order valence-corrected chi connectivity index (χ4v) is 1.69. The van der Waals surface area contributed by atoms with Crippen LogP contribution in [0.15, 0.2) is 29.8 Å². The maximum absolute atomic E-state index is 11.5. The van der Waals surface area contributed by atoms with E-state index in [-0.39, 0.29) is 11.4 Å². The lowest BCUT2D eigenvalue weighted by Crippen LogP contribution is -2.29. The van der Waals surface area contributed by atoms with E-state index in [9.17, 15) is 9.59 Å². The van der Waals surface area contributed by atoms with Gasteiger partial charge in [0, 0.05) is 6.42 Å². The van der Waals surface area contributed by atoms with Gasteiger partial charge in [0.05, 0.1) is 11.6 Å². The summed E-state index contributed by atoms with van der Waals surface area (Å²) in [6.07, 6.45) is 0.353. The minimum Gasteiger partial charge on any atom is -0.317 e. The van der Waals surface area contributed by atoms with Gasteiger partial charge in [0.15, 0.2) is 5.78 Å². The summed E-state index contributed by atoms with van der Waals surface area (Å²) in [6.45, 7) is 0. The molecule has 1 aliphatic rings. The van der Waals surface area contributed by atoms with Crippen molar-refractivity contribution in [3.05, 3.63) is 41.0 Å². The monoisotopic (exact) mass is 187 g/mol. The molecule has 0 aromatic heterocycles. The number of carbonyl (C=O) groups excluding carboxylic acids is 2. The van der Waals surface area contributed by atoms with Crippen molar-refractivity contribution >= 4 is 11.7 Å². The molecule has 0 saturated heterocycles. The van der Waals surface area contributed by atoms with Crippen molar-refractivity contribution in [1.82, 2.24) is 0 Å². The van der Waals surface area contributed by atoms with Crippen LogP contribution < -0.4 is 5.73 Å². The third-order valence-corrected chi connectivity index (χ3v) is 2.46. The van der Waals surface area contributed by atoms with Crippen LogP contribution in [0.3, 0.4) is 0 Å². The lowest BCUT2D eigenvalue weighted by molar-refractivity contribution is -0.117. The summed E-state index contributed by atoms with van der Waals surface area (Å²) in [5.41, 5.74) is 7.61. The van der Waals surface area contributed by atoms with Gasteiger partial charge in [0.2, 0.25) is 0 Å². The van der Waals surface area contributed by atoms with E-state index in [0.29, 0.717) is 6.42 Å². The number of fused-ring (bicyclic) bond motifs is 1. The molecule has 0 aliphatic heterocycles. The van der Waals surface area contributed by atoms with Gasteiger partial charge in [-0.2, -0.15) is 0 Å². The highest BCUT2D eigenvalue weighted by molar-refractivity contribution is 6.07. The van der Waals surface area contributed by atoms with E-state index in [0.717, 1.165) is 11.1 Å². The zero-order chi connectivity index (χ0) is 10.1. The number of hydrogen-bond acceptors (Lipinski definition) is 3. The van der Waals surface area contributed by atoms with Gasteiger partial charge in [-0.15, -0.1) is 0 Å². The molecule has 70 valence electrons. The van der Waals surface area contributed by atoms with Crippen LogP contribution in [0.1, 0.15) is 17.2 Å². The highest BCUT2D eigenvalue weighted by atomic mass is 16.1. The average molecular weight is 187 g/mol. The fourth-order valence-electron chi connectivity index (χ4n) is 1.69. The number of ketones is 1. The summed E-state index contributed by atoms with van der Waals surface area (Å²) < 4.78 is 0. The quantitative estimate of drug-likeness (QED) is 0.477. The minimum atomic E-state index is -0.698. The summed E-state index contributed by atoms with van der Waals surface area (Å²) in [5, 5.41) is 0. The molecular formula is C11H9NO2. The number of Topliss-reactive ketones (excluding diaryl/α,β-unsaturated/α-hetero) is 1. The molecule has 0 saturated carbocycles. The predicted molar refractivity (Wildman–Crippen MR) is 51.3 cm³/mol. The van der Waals surface area contributed by atoms with Crippen LogP contribution in [0.2, 0.25) is 0 Å². The highest BCUT2D eigenvalue weighted by Crippen LogP contribution is 2.26. The summed E-state index contributed by atoms with van der Waals surface area (Å²) in [7, 11) is 0. The van der Waals surface area contributed by atoms with Crippen LogP contribution in [-0.4, -0.2) is 11.7 Å². The molecule has 0 fully saturated rings. The second-order valence-corrected chi connectivity index (χ2v) is 3.30. The number of rotatable bonds is 0. The van der Waals surface area contributed by atoms with Gasteiger partial charge in [-0.1, -0.05) is 24.3 Å². The molecule has 1 unspecified atom stereocenters. The Morgan fingerprint density at radius 3 is 2.79 bits per heavy atom. The predicted octanol–water partition coefficient (Wildman–Crippen LogP) is 0.570. The Balaban J connectivity index is 2.58. The lowest BCUT2D eigenvalue weighted by Gasteiger charge is -2.20.